The van der Waals surface area contributed by atoms with E-state index < -0.39 is 0 Å². The van der Waals surface area contributed by atoms with Crippen LogP contribution in [-0.2, 0) is 17.6 Å². The third-order valence-electron chi connectivity index (χ3n) is 3.97. The fraction of sp³-hybridized carbons (Fsp3) is 0.278. The van der Waals surface area contributed by atoms with Gasteiger partial charge in [-0.3, -0.25) is 4.79 Å². The van der Waals surface area contributed by atoms with Crippen LogP contribution in [0, 0.1) is 0 Å². The van der Waals surface area contributed by atoms with E-state index in [1.165, 1.54) is 16.7 Å². The summed E-state index contributed by atoms with van der Waals surface area (Å²) in [5.41, 5.74) is 3.93. The molecule has 0 aromatic heterocycles. The van der Waals surface area contributed by atoms with Crippen molar-refractivity contribution in [1.82, 2.24) is 0 Å². The van der Waals surface area contributed by atoms with E-state index in [1.807, 2.05) is 12.1 Å². The molecule has 0 heterocycles. The molecule has 1 aliphatic carbocycles. The average Bonchev–Trinajstić information content (AvgIpc) is 2.41. The average molecular weight is 250 g/mol. The summed E-state index contributed by atoms with van der Waals surface area (Å²) in [7, 11) is 0. The summed E-state index contributed by atoms with van der Waals surface area (Å²) < 4.78 is 0. The highest BCUT2D eigenvalue weighted by atomic mass is 16.1. The fourth-order valence-corrected chi connectivity index (χ4v) is 2.83. The second-order valence-electron chi connectivity index (χ2n) is 5.26. The Hall–Kier alpha value is -1.89. The van der Waals surface area contributed by atoms with E-state index in [-0.39, 0.29) is 5.92 Å². The lowest BCUT2D eigenvalue weighted by molar-refractivity contribution is -0.121. The van der Waals surface area contributed by atoms with Crippen LogP contribution in [0.1, 0.15) is 35.4 Å². The number of carbonyl (C=O) groups is 1. The summed E-state index contributed by atoms with van der Waals surface area (Å²) in [6.45, 7) is 0. The normalized spacial score (nSPS) is 16.5. The lowest BCUT2D eigenvalue weighted by Crippen LogP contribution is -2.25. The van der Waals surface area contributed by atoms with Crippen LogP contribution in [0.4, 0.5) is 0 Å². The zero-order chi connectivity index (χ0) is 13.1. The van der Waals surface area contributed by atoms with Gasteiger partial charge in [-0.25, -0.2) is 0 Å². The van der Waals surface area contributed by atoms with Gasteiger partial charge in [0, 0.05) is 12.3 Å². The number of hydrogen-bond donors (Lipinski definition) is 0. The third kappa shape index (κ3) is 2.60. The summed E-state index contributed by atoms with van der Waals surface area (Å²) >= 11 is 0. The van der Waals surface area contributed by atoms with Gasteiger partial charge in [-0.05, 0) is 36.0 Å². The first-order valence-electron chi connectivity index (χ1n) is 6.99. The van der Waals surface area contributed by atoms with Crippen molar-refractivity contribution in [1.29, 1.82) is 0 Å². The number of fused-ring (bicyclic) bond motifs is 1. The summed E-state index contributed by atoms with van der Waals surface area (Å²) in [6.07, 6.45) is 3.61. The van der Waals surface area contributed by atoms with Gasteiger partial charge in [0.15, 0.2) is 0 Å². The van der Waals surface area contributed by atoms with Gasteiger partial charge in [0.05, 0.1) is 0 Å². The Morgan fingerprint density at radius 1 is 1.00 bits per heavy atom. The van der Waals surface area contributed by atoms with Crippen LogP contribution in [0.25, 0.3) is 0 Å². The predicted molar refractivity (Wildman–Crippen MR) is 77.3 cm³/mol. The third-order valence-corrected chi connectivity index (χ3v) is 3.97. The van der Waals surface area contributed by atoms with E-state index in [2.05, 4.69) is 42.5 Å². The molecule has 0 saturated heterocycles. The molecule has 1 nitrogen and oxygen atoms in total. The van der Waals surface area contributed by atoms with E-state index in [0.29, 0.717) is 12.2 Å². The molecule has 1 heteroatoms. The molecule has 2 aromatic carbocycles. The Bertz CT molecular complexity index is 571. The first kappa shape index (κ1) is 12.2. The maximum atomic E-state index is 12.2. The quantitative estimate of drug-likeness (QED) is 0.786. The van der Waals surface area contributed by atoms with Gasteiger partial charge in [0.1, 0.15) is 5.78 Å². The molecule has 0 amide bonds. The van der Waals surface area contributed by atoms with Crippen LogP contribution in [0.2, 0.25) is 0 Å². The second kappa shape index (κ2) is 5.40. The SMILES string of the molecule is O=C(CCCc1ccccc1)C1Cc2ccccc21. The minimum absolute atomic E-state index is 0.173. The molecule has 3 rings (SSSR count). The van der Waals surface area contributed by atoms with Crippen LogP contribution >= 0.6 is 0 Å². The Kier molecular flexibility index (Phi) is 3.45. The number of carbonyl (C=O) groups excluding carboxylic acids is 1. The molecular formula is C18H18O. The van der Waals surface area contributed by atoms with Crippen LogP contribution in [0.5, 0.6) is 0 Å². The molecule has 0 aliphatic heterocycles. The zero-order valence-corrected chi connectivity index (χ0v) is 11.0. The minimum Gasteiger partial charge on any atom is -0.299 e. The smallest absolute Gasteiger partial charge is 0.140 e. The second-order valence-corrected chi connectivity index (χ2v) is 5.26. The van der Waals surface area contributed by atoms with Gasteiger partial charge in [-0.15, -0.1) is 0 Å². The Labute approximate surface area is 114 Å². The van der Waals surface area contributed by atoms with Crippen LogP contribution < -0.4 is 0 Å². The molecule has 0 radical (unpaired) electrons. The maximum Gasteiger partial charge on any atom is 0.140 e. The highest BCUT2D eigenvalue weighted by Crippen LogP contribution is 2.36. The number of ketones is 1. The predicted octanol–water partition coefficient (Wildman–Crippen LogP) is 3.92. The first-order chi connectivity index (χ1) is 9.34. The molecule has 0 fully saturated rings. The molecule has 19 heavy (non-hydrogen) atoms. The highest BCUT2D eigenvalue weighted by Gasteiger charge is 2.30. The first-order valence-corrected chi connectivity index (χ1v) is 6.99. The van der Waals surface area contributed by atoms with E-state index >= 15 is 0 Å². The Balaban J connectivity index is 1.51. The van der Waals surface area contributed by atoms with Crippen molar-refractivity contribution >= 4 is 5.78 Å². The van der Waals surface area contributed by atoms with E-state index in [1.54, 1.807) is 0 Å². The summed E-state index contributed by atoms with van der Waals surface area (Å²) in [5, 5.41) is 0. The number of aryl methyl sites for hydroxylation is 1. The minimum atomic E-state index is 0.173. The fourth-order valence-electron chi connectivity index (χ4n) is 2.83. The monoisotopic (exact) mass is 250 g/mol. The molecule has 1 aliphatic rings. The van der Waals surface area contributed by atoms with Gasteiger partial charge in [-0.2, -0.15) is 0 Å². The van der Waals surface area contributed by atoms with Crippen molar-refractivity contribution in [3.05, 3.63) is 71.3 Å². The molecule has 0 saturated carbocycles. The largest absolute Gasteiger partial charge is 0.299 e. The number of benzene rings is 2. The molecule has 1 unspecified atom stereocenters. The van der Waals surface area contributed by atoms with Gasteiger partial charge < -0.3 is 0 Å². The molecule has 96 valence electrons. The van der Waals surface area contributed by atoms with Crippen LogP contribution in [-0.4, -0.2) is 5.78 Å². The number of Topliss-reactive ketones (excluding diaryl/α,β-unsaturated/α-hetero) is 1. The Morgan fingerprint density at radius 3 is 2.53 bits per heavy atom. The Morgan fingerprint density at radius 2 is 1.74 bits per heavy atom. The molecule has 0 bridgehead atoms. The van der Waals surface area contributed by atoms with Gasteiger partial charge in [0.2, 0.25) is 0 Å². The van der Waals surface area contributed by atoms with E-state index in [9.17, 15) is 4.79 Å². The molecule has 0 spiro atoms. The lowest BCUT2D eigenvalue weighted by Gasteiger charge is -2.28. The molecular weight excluding hydrogens is 232 g/mol. The summed E-state index contributed by atoms with van der Waals surface area (Å²) in [6, 6.07) is 18.7. The van der Waals surface area contributed by atoms with E-state index in [0.717, 1.165) is 19.3 Å². The lowest BCUT2D eigenvalue weighted by atomic mass is 9.74. The summed E-state index contributed by atoms with van der Waals surface area (Å²) in [4.78, 5) is 12.2. The topological polar surface area (TPSA) is 17.1 Å². The number of hydrogen-bond acceptors (Lipinski definition) is 1. The van der Waals surface area contributed by atoms with Crippen molar-refractivity contribution in [2.24, 2.45) is 0 Å². The van der Waals surface area contributed by atoms with Crippen LogP contribution in [0.15, 0.2) is 54.6 Å². The van der Waals surface area contributed by atoms with Crippen molar-refractivity contribution < 1.29 is 4.79 Å². The molecule has 2 aromatic rings. The number of rotatable bonds is 5. The van der Waals surface area contributed by atoms with Crippen molar-refractivity contribution in [3.63, 3.8) is 0 Å². The summed E-state index contributed by atoms with van der Waals surface area (Å²) in [5.74, 6) is 0.585. The van der Waals surface area contributed by atoms with Crippen LogP contribution in [0.3, 0.4) is 0 Å². The van der Waals surface area contributed by atoms with Crippen molar-refractivity contribution in [2.45, 2.75) is 31.6 Å². The zero-order valence-electron chi connectivity index (χ0n) is 11.0. The van der Waals surface area contributed by atoms with Gasteiger partial charge in [0.25, 0.3) is 0 Å². The maximum absolute atomic E-state index is 12.2. The van der Waals surface area contributed by atoms with Crippen molar-refractivity contribution in [2.75, 3.05) is 0 Å². The van der Waals surface area contributed by atoms with Crippen molar-refractivity contribution in [3.8, 4) is 0 Å². The molecule has 0 N–H and O–H groups in total. The van der Waals surface area contributed by atoms with Gasteiger partial charge in [-0.1, -0.05) is 54.6 Å². The highest BCUT2D eigenvalue weighted by molar-refractivity contribution is 5.88. The van der Waals surface area contributed by atoms with E-state index in [4.69, 9.17) is 0 Å². The standard InChI is InChI=1S/C18H18O/c19-18(12-6-9-14-7-2-1-3-8-14)17-13-15-10-4-5-11-16(15)17/h1-5,7-8,10-11,17H,6,9,12-13H2. The molecule has 1 atom stereocenters. The van der Waals surface area contributed by atoms with Gasteiger partial charge >= 0.3 is 0 Å².